The Bertz CT molecular complexity index is 623. The number of rotatable bonds is 6. The molecule has 2 aromatic rings. The fourth-order valence-corrected chi connectivity index (χ4v) is 3.55. The minimum Gasteiger partial charge on any atom is -0.382 e. The molecule has 1 atom stereocenters. The van der Waals surface area contributed by atoms with Crippen LogP contribution in [0.15, 0.2) is 29.6 Å². The molecule has 22 heavy (non-hydrogen) atoms. The van der Waals surface area contributed by atoms with E-state index in [-0.39, 0.29) is 6.54 Å². The lowest BCUT2D eigenvalue weighted by atomic mass is 10.2. The summed E-state index contributed by atoms with van der Waals surface area (Å²) < 4.78 is 0. The molecule has 2 amide bonds. The van der Waals surface area contributed by atoms with Crippen molar-refractivity contribution in [3.05, 3.63) is 44.3 Å². The van der Waals surface area contributed by atoms with E-state index in [2.05, 4.69) is 10.6 Å². The van der Waals surface area contributed by atoms with E-state index in [4.69, 9.17) is 0 Å². The molecule has 0 fully saturated rings. The van der Waals surface area contributed by atoms with Crippen LogP contribution in [-0.2, 0) is 16.1 Å². The molecule has 0 saturated heterocycles. The Balaban J connectivity index is 1.87. The van der Waals surface area contributed by atoms with Crippen LogP contribution in [0.4, 0.5) is 0 Å². The fraction of sp³-hybridized carbons (Fsp3) is 0.333. The van der Waals surface area contributed by atoms with Crippen molar-refractivity contribution in [1.29, 1.82) is 0 Å². The Morgan fingerprint density at radius 3 is 2.64 bits per heavy atom. The van der Waals surface area contributed by atoms with Crippen LogP contribution in [0.2, 0.25) is 0 Å². The molecule has 0 spiro atoms. The first kappa shape index (κ1) is 16.7. The number of aliphatic hydroxyl groups excluding tert-OH is 1. The number of carbonyl (C=O) groups is 2. The van der Waals surface area contributed by atoms with Gasteiger partial charge in [-0.25, -0.2) is 0 Å². The molecule has 0 radical (unpaired) electrons. The Kier molecular flexibility index (Phi) is 6.11. The number of hydrogen-bond donors (Lipinski definition) is 3. The summed E-state index contributed by atoms with van der Waals surface area (Å²) >= 11 is 2.92. The predicted molar refractivity (Wildman–Crippen MR) is 87.8 cm³/mol. The second-order valence-corrected chi connectivity index (χ2v) is 6.84. The molecule has 7 heteroatoms. The molecule has 118 valence electrons. The summed E-state index contributed by atoms with van der Waals surface area (Å²) in [5.74, 6) is -1.25. The van der Waals surface area contributed by atoms with Gasteiger partial charge < -0.3 is 15.7 Å². The van der Waals surface area contributed by atoms with Crippen molar-refractivity contribution in [2.24, 2.45) is 0 Å². The van der Waals surface area contributed by atoms with Crippen molar-refractivity contribution in [2.45, 2.75) is 26.0 Å². The molecule has 2 rings (SSSR count). The minimum atomic E-state index is -0.637. The third-order valence-corrected chi connectivity index (χ3v) is 4.99. The highest BCUT2D eigenvalue weighted by atomic mass is 32.1. The number of thiophene rings is 2. The molecule has 5 nitrogen and oxygen atoms in total. The fourth-order valence-electron chi connectivity index (χ4n) is 1.79. The molecule has 3 N–H and O–H groups in total. The summed E-state index contributed by atoms with van der Waals surface area (Å²) in [5.41, 5.74) is 0. The molecule has 0 aliphatic rings. The van der Waals surface area contributed by atoms with Crippen LogP contribution in [0.5, 0.6) is 0 Å². The van der Waals surface area contributed by atoms with Gasteiger partial charge >= 0.3 is 11.8 Å². The van der Waals surface area contributed by atoms with Crippen molar-refractivity contribution in [3.63, 3.8) is 0 Å². The Labute approximate surface area is 137 Å². The van der Waals surface area contributed by atoms with Crippen LogP contribution < -0.4 is 10.6 Å². The smallest absolute Gasteiger partial charge is 0.309 e. The zero-order valence-electron chi connectivity index (χ0n) is 12.2. The largest absolute Gasteiger partial charge is 0.382 e. The zero-order valence-corrected chi connectivity index (χ0v) is 13.8. The molecule has 0 saturated carbocycles. The van der Waals surface area contributed by atoms with Crippen LogP contribution in [-0.4, -0.2) is 23.5 Å². The van der Waals surface area contributed by atoms with Gasteiger partial charge in [0.2, 0.25) is 0 Å². The molecule has 0 bridgehead atoms. The van der Waals surface area contributed by atoms with E-state index in [9.17, 15) is 14.7 Å². The third-order valence-electron chi connectivity index (χ3n) is 2.93. The average molecular weight is 338 g/mol. The van der Waals surface area contributed by atoms with Gasteiger partial charge in [-0.2, -0.15) is 0 Å². The van der Waals surface area contributed by atoms with E-state index in [0.29, 0.717) is 6.54 Å². The highest BCUT2D eigenvalue weighted by Gasteiger charge is 2.15. The standard InChI is InChI=1S/C15H18N2O3S2/c1-2-7-16-14(19)15(20)17-9-10-5-6-12(22-10)13(18)11-4-3-8-21-11/h3-6,8,13,18H,2,7,9H2,1H3,(H,16,19)(H,17,20). The summed E-state index contributed by atoms with van der Waals surface area (Å²) in [4.78, 5) is 25.6. The Hall–Kier alpha value is -1.70. The monoisotopic (exact) mass is 338 g/mol. The predicted octanol–water partition coefficient (Wildman–Crippen LogP) is 2.03. The van der Waals surface area contributed by atoms with Crippen LogP contribution in [0.1, 0.15) is 34.1 Å². The first-order valence-corrected chi connectivity index (χ1v) is 8.67. The van der Waals surface area contributed by atoms with Crippen molar-refractivity contribution in [3.8, 4) is 0 Å². The zero-order chi connectivity index (χ0) is 15.9. The average Bonchev–Trinajstić information content (AvgIpc) is 3.20. The van der Waals surface area contributed by atoms with E-state index in [1.54, 1.807) is 0 Å². The molecule has 2 heterocycles. The van der Waals surface area contributed by atoms with E-state index in [1.807, 2.05) is 36.6 Å². The van der Waals surface area contributed by atoms with Gasteiger partial charge in [-0.3, -0.25) is 9.59 Å². The number of nitrogens with one attached hydrogen (secondary N) is 2. The van der Waals surface area contributed by atoms with E-state index in [0.717, 1.165) is 21.1 Å². The maximum Gasteiger partial charge on any atom is 0.309 e. The normalized spacial score (nSPS) is 11.9. The maximum atomic E-state index is 11.6. The molecule has 0 aliphatic heterocycles. The van der Waals surface area contributed by atoms with E-state index in [1.165, 1.54) is 22.7 Å². The summed E-state index contributed by atoms with van der Waals surface area (Å²) in [6, 6.07) is 7.47. The van der Waals surface area contributed by atoms with Crippen molar-refractivity contribution >= 4 is 34.5 Å². The Morgan fingerprint density at radius 2 is 1.95 bits per heavy atom. The van der Waals surface area contributed by atoms with Gasteiger partial charge in [0.15, 0.2) is 0 Å². The van der Waals surface area contributed by atoms with Gasteiger partial charge in [0.1, 0.15) is 6.10 Å². The first-order chi connectivity index (χ1) is 10.6. The van der Waals surface area contributed by atoms with Gasteiger partial charge in [-0.05, 0) is 30.0 Å². The number of aliphatic hydroxyl groups is 1. The summed E-state index contributed by atoms with van der Waals surface area (Å²) in [7, 11) is 0. The number of carbonyl (C=O) groups excluding carboxylic acids is 2. The summed E-state index contributed by atoms with van der Waals surface area (Å²) in [6.45, 7) is 2.69. The lowest BCUT2D eigenvalue weighted by molar-refractivity contribution is -0.139. The summed E-state index contributed by atoms with van der Waals surface area (Å²) in [5, 5.41) is 17.2. The second kappa shape index (κ2) is 8.07. The van der Waals surface area contributed by atoms with Crippen LogP contribution in [0.3, 0.4) is 0 Å². The number of amides is 2. The number of hydrogen-bond acceptors (Lipinski definition) is 5. The molecule has 2 aromatic heterocycles. The van der Waals surface area contributed by atoms with Crippen molar-refractivity contribution < 1.29 is 14.7 Å². The van der Waals surface area contributed by atoms with Crippen LogP contribution in [0, 0.1) is 0 Å². The molecule has 0 aliphatic carbocycles. The van der Waals surface area contributed by atoms with Crippen LogP contribution in [0.25, 0.3) is 0 Å². The quantitative estimate of drug-likeness (QED) is 0.705. The highest BCUT2D eigenvalue weighted by molar-refractivity contribution is 7.12. The van der Waals surface area contributed by atoms with Gasteiger partial charge in [-0.1, -0.05) is 13.0 Å². The lowest BCUT2D eigenvalue weighted by Gasteiger charge is -2.05. The molecule has 1 unspecified atom stereocenters. The van der Waals surface area contributed by atoms with E-state index < -0.39 is 17.9 Å². The topological polar surface area (TPSA) is 78.4 Å². The van der Waals surface area contributed by atoms with Gasteiger partial charge in [0.05, 0.1) is 6.54 Å². The Morgan fingerprint density at radius 1 is 1.18 bits per heavy atom. The van der Waals surface area contributed by atoms with E-state index >= 15 is 0 Å². The first-order valence-electron chi connectivity index (χ1n) is 6.98. The lowest BCUT2D eigenvalue weighted by Crippen LogP contribution is -2.39. The molecule has 0 aromatic carbocycles. The van der Waals surface area contributed by atoms with Crippen molar-refractivity contribution in [2.75, 3.05) is 6.54 Å². The van der Waals surface area contributed by atoms with Crippen molar-refractivity contribution in [1.82, 2.24) is 10.6 Å². The summed E-state index contributed by atoms with van der Waals surface area (Å²) in [6.07, 6.45) is 0.149. The highest BCUT2D eigenvalue weighted by Crippen LogP contribution is 2.30. The van der Waals surface area contributed by atoms with Crippen LogP contribution >= 0.6 is 22.7 Å². The minimum absolute atomic E-state index is 0.278. The van der Waals surface area contributed by atoms with Gasteiger partial charge in [-0.15, -0.1) is 22.7 Å². The second-order valence-electron chi connectivity index (χ2n) is 4.66. The SMILES string of the molecule is CCCNC(=O)C(=O)NCc1ccc(C(O)c2cccs2)s1. The van der Waals surface area contributed by atoms with Gasteiger partial charge in [0, 0.05) is 21.2 Å². The molecular weight excluding hydrogens is 320 g/mol. The third kappa shape index (κ3) is 4.40. The molecular formula is C15H18N2O3S2. The van der Waals surface area contributed by atoms with Gasteiger partial charge in [0.25, 0.3) is 0 Å². The maximum absolute atomic E-state index is 11.6.